The van der Waals surface area contributed by atoms with Crippen LogP contribution in [0.25, 0.3) is 6.08 Å². The summed E-state index contributed by atoms with van der Waals surface area (Å²) in [7, 11) is -13.7. The van der Waals surface area contributed by atoms with E-state index in [0.717, 1.165) is 42.7 Å². The Balaban J connectivity index is -0.00000112. The average molecular weight is 1520 g/mol. The summed E-state index contributed by atoms with van der Waals surface area (Å²) in [6.07, 6.45) is 14.4. The molecule has 3 unspecified atom stereocenters. The van der Waals surface area contributed by atoms with Crippen LogP contribution in [0.4, 0.5) is 0 Å². The van der Waals surface area contributed by atoms with E-state index in [1.807, 2.05) is 6.08 Å². The van der Waals surface area contributed by atoms with Crippen molar-refractivity contribution in [1.82, 2.24) is 0 Å². The van der Waals surface area contributed by atoms with Gasteiger partial charge in [-0.25, -0.2) is 19.2 Å². The molecule has 1 aromatic carbocycles. The summed E-state index contributed by atoms with van der Waals surface area (Å²) in [5.74, 6) is 1.46. The number of hydrogen-bond donors (Lipinski definition) is 0. The molecule has 2 bridgehead atoms. The predicted molar refractivity (Wildman–Crippen MR) is 432 cm³/mol. The van der Waals surface area contributed by atoms with Crippen molar-refractivity contribution in [2.45, 2.75) is 254 Å². The lowest BCUT2D eigenvalue weighted by Crippen LogP contribution is -2.60. The molecule has 0 amide bonds. The second-order valence-corrected chi connectivity index (χ2v) is 78.2. The molecule has 1 saturated carbocycles. The molecule has 25 heteroatoms. The zero-order valence-corrected chi connectivity index (χ0v) is 76.7. The Labute approximate surface area is 598 Å². The van der Waals surface area contributed by atoms with Crippen molar-refractivity contribution in [2.24, 2.45) is 17.8 Å². The molecule has 0 aliphatic heterocycles. The third-order valence-corrected chi connectivity index (χ3v) is 40.9. The van der Waals surface area contributed by atoms with Gasteiger partial charge in [0.1, 0.15) is 6.61 Å². The largest absolute Gasteiger partial charge is 0.469 e. The molecular weight excluding hydrogens is 1370 g/mol. The lowest BCUT2D eigenvalue weighted by Gasteiger charge is -2.42. The molecule has 15 nitrogen and oxygen atoms in total. The van der Waals surface area contributed by atoms with E-state index in [9.17, 15) is 19.2 Å². The Morgan fingerprint density at radius 3 is 1.21 bits per heavy atom. The Morgan fingerprint density at radius 2 is 0.875 bits per heavy atom. The van der Waals surface area contributed by atoms with E-state index < -0.39 is 83.4 Å². The Hall–Kier alpha value is -2.57. The van der Waals surface area contributed by atoms with Crippen molar-refractivity contribution >= 4 is 113 Å². The van der Waals surface area contributed by atoms with Crippen LogP contribution in [-0.2, 0) is 74.3 Å². The van der Waals surface area contributed by atoms with Crippen molar-refractivity contribution in [2.75, 3.05) is 46.9 Å². The Bertz CT molecular complexity index is 2460. The zero-order valence-electron chi connectivity index (χ0n) is 66.7. The molecule has 556 valence electrons. The minimum atomic E-state index is -2.83. The van der Waals surface area contributed by atoms with E-state index in [0.29, 0.717) is 67.4 Å². The Kier molecular flexibility index (Phi) is 46.2. The number of ether oxygens (including phenoxy) is 4. The summed E-state index contributed by atoms with van der Waals surface area (Å²) >= 11 is 0. The number of rotatable bonds is 36. The maximum atomic E-state index is 11.6. The van der Waals surface area contributed by atoms with Crippen molar-refractivity contribution < 1.29 is 67.9 Å². The number of carbonyl (C=O) groups excluding carboxylic acids is 4. The van der Waals surface area contributed by atoms with Gasteiger partial charge in [0.25, 0.3) is 0 Å². The van der Waals surface area contributed by atoms with Crippen LogP contribution < -0.4 is 0 Å². The van der Waals surface area contributed by atoms with Crippen LogP contribution in [0.1, 0.15) is 77.8 Å². The highest BCUT2D eigenvalue weighted by atomic mass is 28.5. The van der Waals surface area contributed by atoms with Crippen LogP contribution in [0.3, 0.4) is 0 Å². The molecule has 1 aromatic rings. The zero-order chi connectivity index (χ0) is 75.5. The predicted octanol–water partition coefficient (Wildman–Crippen LogP) is 20.0. The minimum absolute atomic E-state index is 0.268. The molecule has 0 saturated heterocycles. The molecular formula is C71H142O15Si10. The summed E-state index contributed by atoms with van der Waals surface area (Å²) in [6, 6.07) is 13.8. The molecule has 0 spiro atoms. The fourth-order valence-electron chi connectivity index (χ4n) is 9.41. The molecule has 0 heterocycles. The van der Waals surface area contributed by atoms with Gasteiger partial charge in [-0.2, -0.15) is 0 Å². The lowest BCUT2D eigenvalue weighted by atomic mass is 9.91. The van der Waals surface area contributed by atoms with Crippen LogP contribution in [0.15, 0.2) is 91.6 Å². The van der Waals surface area contributed by atoms with Crippen molar-refractivity contribution in [1.29, 1.82) is 0 Å². The van der Waals surface area contributed by atoms with Gasteiger partial charge in [-0.1, -0.05) is 134 Å². The van der Waals surface area contributed by atoms with E-state index in [1.54, 1.807) is 41.9 Å². The molecule has 2 aliphatic carbocycles. The molecule has 0 N–H and O–H groups in total. The van der Waals surface area contributed by atoms with Gasteiger partial charge in [0.15, 0.2) is 49.9 Å². The average Bonchev–Trinajstić information content (AvgIpc) is 1.04. The summed E-state index contributed by atoms with van der Waals surface area (Å²) in [6.45, 7) is 79.1. The quantitative estimate of drug-likeness (QED) is 0.0155. The first-order chi connectivity index (χ1) is 43.4. The number of allylic oxidation sites excluding steroid dienone is 2. The van der Waals surface area contributed by atoms with Gasteiger partial charge in [0.2, 0.25) is 0 Å². The number of carbonyl (C=O) groups is 4. The molecule has 0 aromatic heterocycles. The Morgan fingerprint density at radius 1 is 0.469 bits per heavy atom. The SMILES string of the molecule is C=C(C)C(=O)OCCC[Si](C)(C)C.C=C(C)C(=O)OCCC[Si](O[Si](C)(C)C)(O[Si](C)(C)C)O[Si](C)(C)C.C=C(C)C(=O)OCCO[Si](C)(C)C.C=C(C)C(=O)OC[Si](C)(C)C.C=Cc1ccc(CC)cc1.CO[Si](C)(CC[Si](C)(C)O[Si](C)(C)CCC1CC2C=CC1C2)OC. The molecule has 96 heavy (non-hydrogen) atoms. The van der Waals surface area contributed by atoms with Gasteiger partial charge in [0, 0.05) is 50.6 Å². The standard InChI is InChI=1S/C18H38O3Si3.C16H38O5Si4.C10H20O2Si.C10H12.C9H18O3Si.C8H16O2Si/c1-19-24(7,20-2)13-12-23(5,6)21-22(3,4)11-10-18-15-16-8-9-17(18)14-16;1-15(2)16(17)18-13-12-14-25(19-22(3,4)5,20-23(6,7)8)21-24(9,10)11;1-9(2)10(11)12-7-6-8-13(3,4)5;1-3-9-5-7-10(4-2)8-6-9;1-8(2)9(10)11-6-7-12-13(3,4)5;1-7(2)8(9)10-6-11(3,4)5/h8-9,16-18H,10-15H2,1-7H3;1,12-14H2,2-11H3;1,6-8H2,2-5H3;3,5-8H,1,4H2,2H3;1,6-7H2,2-5H3;1,6H2,2-5H3. The third kappa shape index (κ3) is 54.2. The van der Waals surface area contributed by atoms with Crippen LogP contribution in [0.5, 0.6) is 0 Å². The van der Waals surface area contributed by atoms with Crippen LogP contribution in [0.2, 0.25) is 181 Å². The third-order valence-electron chi connectivity index (χ3n) is 14.2. The van der Waals surface area contributed by atoms with Gasteiger partial charge in [0.05, 0.1) is 34.1 Å². The second kappa shape index (κ2) is 45.4. The molecule has 2 aliphatic rings. The highest BCUT2D eigenvalue weighted by Gasteiger charge is 2.50. The van der Waals surface area contributed by atoms with Crippen molar-refractivity contribution in [3.05, 3.63) is 103 Å². The van der Waals surface area contributed by atoms with Gasteiger partial charge < -0.3 is 48.7 Å². The number of benzene rings is 1. The first-order valence-corrected chi connectivity index (χ1v) is 66.4. The van der Waals surface area contributed by atoms with Crippen LogP contribution in [-0.4, -0.2) is 154 Å². The summed E-state index contributed by atoms with van der Waals surface area (Å²) in [4.78, 5) is 44.3. The fourth-order valence-corrected chi connectivity index (χ4v) is 39.2. The second-order valence-electron chi connectivity index (χ2n) is 33.3. The van der Waals surface area contributed by atoms with Gasteiger partial charge in [-0.3, -0.25) is 0 Å². The van der Waals surface area contributed by atoms with Gasteiger partial charge in [-0.15, -0.1) is 0 Å². The normalized spacial score (nSPS) is 15.6. The number of fused-ring (bicyclic) bond motifs is 2. The topological polar surface area (TPSA) is 170 Å². The number of hydrogen-bond acceptors (Lipinski definition) is 15. The molecule has 1 fully saturated rings. The first kappa shape index (κ1) is 97.6. The lowest BCUT2D eigenvalue weighted by molar-refractivity contribution is -0.140. The number of aryl methyl sites for hydroxylation is 1. The molecule has 3 rings (SSSR count). The number of esters is 4. The minimum Gasteiger partial charge on any atom is -0.466 e. The smallest absolute Gasteiger partial charge is 0.466 e. The maximum absolute atomic E-state index is 11.6. The van der Waals surface area contributed by atoms with E-state index in [-0.39, 0.29) is 23.9 Å². The van der Waals surface area contributed by atoms with Crippen LogP contribution >= 0.6 is 0 Å². The van der Waals surface area contributed by atoms with E-state index in [4.69, 9.17) is 48.7 Å². The summed E-state index contributed by atoms with van der Waals surface area (Å²) in [5.41, 5.74) is 4.37. The maximum Gasteiger partial charge on any atom is 0.469 e. The van der Waals surface area contributed by atoms with Crippen LogP contribution in [0, 0.1) is 17.8 Å². The first-order valence-electron chi connectivity index (χ1n) is 34.6. The molecule has 3 atom stereocenters. The highest BCUT2D eigenvalue weighted by Crippen LogP contribution is 2.46. The van der Waals surface area contributed by atoms with E-state index >= 15 is 0 Å². The summed E-state index contributed by atoms with van der Waals surface area (Å²) in [5, 5.41) is 0. The van der Waals surface area contributed by atoms with Crippen molar-refractivity contribution in [3.8, 4) is 0 Å². The van der Waals surface area contributed by atoms with Crippen molar-refractivity contribution in [3.63, 3.8) is 0 Å². The fraction of sp³-hybridized carbons (Fsp3) is 0.690. The van der Waals surface area contributed by atoms with Gasteiger partial charge in [-0.05, 0) is 218 Å². The highest BCUT2D eigenvalue weighted by molar-refractivity contribution is 6.90. The monoisotopic (exact) mass is 1510 g/mol. The molecule has 0 radical (unpaired) electrons. The van der Waals surface area contributed by atoms with Gasteiger partial charge >= 0.3 is 41.2 Å². The summed E-state index contributed by atoms with van der Waals surface area (Å²) < 4.78 is 63.4. The van der Waals surface area contributed by atoms with E-state index in [1.165, 1.54) is 42.5 Å². The van der Waals surface area contributed by atoms with E-state index in [2.05, 4.69) is 227 Å².